The minimum absolute atomic E-state index is 0.0113. The zero-order valence-electron chi connectivity index (χ0n) is 15.9. The molecule has 2 aromatic rings. The molecule has 0 saturated carbocycles. The molecule has 26 heavy (non-hydrogen) atoms. The molecule has 0 spiro atoms. The highest BCUT2D eigenvalue weighted by molar-refractivity contribution is 5.95. The van der Waals surface area contributed by atoms with Gasteiger partial charge in [-0.15, -0.1) is 5.10 Å². The molecule has 1 aromatic heterocycles. The van der Waals surface area contributed by atoms with Crippen molar-refractivity contribution in [1.29, 1.82) is 0 Å². The van der Waals surface area contributed by atoms with Crippen molar-refractivity contribution in [2.45, 2.75) is 53.5 Å². The summed E-state index contributed by atoms with van der Waals surface area (Å²) in [6, 6.07) is 6.73. The molecule has 0 aliphatic rings. The molecule has 2 N–H and O–H groups in total. The monoisotopic (exact) mass is 358 g/mol. The minimum atomic E-state index is -1.05. The molecule has 0 aliphatic carbocycles. The van der Waals surface area contributed by atoms with Crippen molar-refractivity contribution in [2.75, 3.05) is 0 Å². The summed E-state index contributed by atoms with van der Waals surface area (Å²) in [5.41, 5.74) is 2.55. The molecule has 0 radical (unpaired) electrons. The van der Waals surface area contributed by atoms with Crippen LogP contribution in [0.25, 0.3) is 5.69 Å². The SMILES string of the molecule is Cc1cccc(-n2nnc(C(=O)NC(CCC(C)(C)C)C(=O)O)c2C)c1. The van der Waals surface area contributed by atoms with Crippen LogP contribution in [0.15, 0.2) is 24.3 Å². The van der Waals surface area contributed by atoms with E-state index in [-0.39, 0.29) is 11.1 Å². The normalized spacial score (nSPS) is 12.7. The van der Waals surface area contributed by atoms with Gasteiger partial charge in [0.25, 0.3) is 5.91 Å². The van der Waals surface area contributed by atoms with Crippen LogP contribution in [-0.4, -0.2) is 38.0 Å². The average Bonchev–Trinajstić information content (AvgIpc) is 2.91. The van der Waals surface area contributed by atoms with Crippen molar-refractivity contribution in [2.24, 2.45) is 5.41 Å². The number of amides is 1. The van der Waals surface area contributed by atoms with Crippen molar-refractivity contribution in [3.05, 3.63) is 41.2 Å². The molecule has 1 unspecified atom stereocenters. The number of nitrogens with one attached hydrogen (secondary N) is 1. The number of nitrogens with zero attached hydrogens (tertiary/aromatic N) is 3. The Labute approximate surface area is 153 Å². The number of carboxylic acids is 1. The smallest absolute Gasteiger partial charge is 0.326 e. The van der Waals surface area contributed by atoms with Gasteiger partial charge in [0.2, 0.25) is 0 Å². The first kappa shape index (κ1) is 19.6. The van der Waals surface area contributed by atoms with Crippen molar-refractivity contribution in [3.8, 4) is 5.69 Å². The van der Waals surface area contributed by atoms with E-state index in [1.54, 1.807) is 11.6 Å². The zero-order chi connectivity index (χ0) is 19.5. The first-order chi connectivity index (χ1) is 12.1. The van der Waals surface area contributed by atoms with Gasteiger partial charge in [0, 0.05) is 0 Å². The number of carbonyl (C=O) groups excluding carboxylic acids is 1. The van der Waals surface area contributed by atoms with Gasteiger partial charge in [-0.3, -0.25) is 4.79 Å². The van der Waals surface area contributed by atoms with Crippen molar-refractivity contribution < 1.29 is 14.7 Å². The molecule has 1 amide bonds. The fourth-order valence-corrected chi connectivity index (χ4v) is 2.61. The van der Waals surface area contributed by atoms with E-state index in [4.69, 9.17) is 0 Å². The van der Waals surface area contributed by atoms with Crippen LogP contribution >= 0.6 is 0 Å². The second-order valence-corrected chi connectivity index (χ2v) is 7.74. The van der Waals surface area contributed by atoms with Crippen LogP contribution in [0.5, 0.6) is 0 Å². The fourth-order valence-electron chi connectivity index (χ4n) is 2.61. The van der Waals surface area contributed by atoms with Crippen molar-refractivity contribution in [1.82, 2.24) is 20.3 Å². The molecule has 2 rings (SSSR count). The maximum atomic E-state index is 12.5. The van der Waals surface area contributed by atoms with Crippen LogP contribution in [0.1, 0.15) is 55.4 Å². The number of carbonyl (C=O) groups is 2. The number of aromatic nitrogens is 3. The molecule has 1 atom stereocenters. The van der Waals surface area contributed by atoms with Crippen molar-refractivity contribution in [3.63, 3.8) is 0 Å². The zero-order valence-corrected chi connectivity index (χ0v) is 15.9. The number of hydrogen-bond donors (Lipinski definition) is 2. The largest absolute Gasteiger partial charge is 0.480 e. The molecular weight excluding hydrogens is 332 g/mol. The molecule has 7 heteroatoms. The fraction of sp³-hybridized carbons (Fsp3) is 0.474. The third-order valence-corrected chi connectivity index (χ3v) is 4.14. The van der Waals surface area contributed by atoms with E-state index in [2.05, 4.69) is 15.6 Å². The Morgan fingerprint density at radius 1 is 1.27 bits per heavy atom. The third-order valence-electron chi connectivity index (χ3n) is 4.14. The molecular formula is C19H26N4O3. The lowest BCUT2D eigenvalue weighted by Crippen LogP contribution is -2.41. The summed E-state index contributed by atoms with van der Waals surface area (Å²) in [5, 5.41) is 20.0. The predicted octanol–water partition coefficient (Wildman–Crippen LogP) is 2.89. The molecule has 0 bridgehead atoms. The summed E-state index contributed by atoms with van der Waals surface area (Å²) in [4.78, 5) is 24.0. The Morgan fingerprint density at radius 2 is 1.96 bits per heavy atom. The summed E-state index contributed by atoms with van der Waals surface area (Å²) in [7, 11) is 0. The van der Waals surface area contributed by atoms with Crippen molar-refractivity contribution >= 4 is 11.9 Å². The number of carboxylic acid groups (broad SMARTS) is 1. The van der Waals surface area contributed by atoms with Gasteiger partial charge in [0.15, 0.2) is 5.69 Å². The lowest BCUT2D eigenvalue weighted by atomic mass is 9.88. The Balaban J connectivity index is 2.17. The summed E-state index contributed by atoms with van der Waals surface area (Å²) >= 11 is 0. The Morgan fingerprint density at radius 3 is 2.54 bits per heavy atom. The van der Waals surface area contributed by atoms with E-state index in [1.165, 1.54) is 0 Å². The Bertz CT molecular complexity index is 805. The standard InChI is InChI=1S/C19H26N4O3/c1-12-7-6-8-14(11-12)23-13(2)16(21-22-23)17(24)20-15(18(25)26)9-10-19(3,4)5/h6-8,11,15H,9-10H2,1-5H3,(H,20,24)(H,25,26). The van der Waals surface area contributed by atoms with Gasteiger partial charge in [-0.1, -0.05) is 38.1 Å². The van der Waals surface area contributed by atoms with E-state index >= 15 is 0 Å². The van der Waals surface area contributed by atoms with E-state index in [0.29, 0.717) is 18.5 Å². The van der Waals surface area contributed by atoms with Crippen LogP contribution < -0.4 is 5.32 Å². The van der Waals surface area contributed by atoms with Gasteiger partial charge in [0.05, 0.1) is 11.4 Å². The van der Waals surface area contributed by atoms with Gasteiger partial charge in [-0.25, -0.2) is 9.48 Å². The average molecular weight is 358 g/mol. The number of aliphatic carboxylic acids is 1. The Kier molecular flexibility index (Phi) is 5.79. The van der Waals surface area contributed by atoms with E-state index in [1.807, 2.05) is 52.0 Å². The highest BCUT2D eigenvalue weighted by Gasteiger charge is 2.26. The number of benzene rings is 1. The Hall–Kier alpha value is -2.70. The van der Waals surface area contributed by atoms with Gasteiger partial charge >= 0.3 is 5.97 Å². The molecule has 1 heterocycles. The second-order valence-electron chi connectivity index (χ2n) is 7.74. The molecule has 0 saturated heterocycles. The van der Waals surface area contributed by atoms with Gasteiger partial charge in [-0.2, -0.15) is 0 Å². The summed E-state index contributed by atoms with van der Waals surface area (Å²) < 4.78 is 1.58. The molecule has 140 valence electrons. The van der Waals surface area contributed by atoms with Crippen LogP contribution in [0, 0.1) is 19.3 Å². The first-order valence-electron chi connectivity index (χ1n) is 8.61. The van der Waals surface area contributed by atoms with Crippen LogP contribution in [0.2, 0.25) is 0 Å². The van der Waals surface area contributed by atoms with E-state index in [0.717, 1.165) is 11.3 Å². The van der Waals surface area contributed by atoms with Crippen LogP contribution in [-0.2, 0) is 4.79 Å². The molecule has 7 nitrogen and oxygen atoms in total. The third kappa shape index (κ3) is 4.91. The van der Waals surface area contributed by atoms with Crippen LogP contribution in [0.4, 0.5) is 0 Å². The van der Waals surface area contributed by atoms with Crippen LogP contribution in [0.3, 0.4) is 0 Å². The highest BCUT2D eigenvalue weighted by atomic mass is 16.4. The van der Waals surface area contributed by atoms with Gasteiger partial charge in [0.1, 0.15) is 6.04 Å². The van der Waals surface area contributed by atoms with Gasteiger partial charge < -0.3 is 10.4 Å². The maximum Gasteiger partial charge on any atom is 0.326 e. The minimum Gasteiger partial charge on any atom is -0.480 e. The summed E-state index contributed by atoms with van der Waals surface area (Å²) in [6.45, 7) is 9.81. The maximum absolute atomic E-state index is 12.5. The lowest BCUT2D eigenvalue weighted by Gasteiger charge is -2.21. The van der Waals surface area contributed by atoms with E-state index in [9.17, 15) is 14.7 Å². The quantitative estimate of drug-likeness (QED) is 0.827. The first-order valence-corrected chi connectivity index (χ1v) is 8.61. The molecule has 0 fully saturated rings. The lowest BCUT2D eigenvalue weighted by molar-refractivity contribution is -0.139. The topological polar surface area (TPSA) is 97.1 Å². The molecule has 0 aliphatic heterocycles. The van der Waals surface area contributed by atoms with E-state index < -0.39 is 17.9 Å². The summed E-state index contributed by atoms with van der Waals surface area (Å²) in [5.74, 6) is -1.57. The predicted molar refractivity (Wildman–Crippen MR) is 98.4 cm³/mol. The second kappa shape index (κ2) is 7.68. The number of aryl methyl sites for hydroxylation is 1. The highest BCUT2D eigenvalue weighted by Crippen LogP contribution is 2.22. The van der Waals surface area contributed by atoms with Gasteiger partial charge in [-0.05, 0) is 49.8 Å². The summed E-state index contributed by atoms with van der Waals surface area (Å²) in [6.07, 6.45) is 1.04. The number of rotatable bonds is 6. The molecule has 1 aromatic carbocycles. The number of hydrogen-bond acceptors (Lipinski definition) is 4.